The molecular weight excluding hydrogens is 516 g/mol. The van der Waals surface area contributed by atoms with E-state index in [1.165, 1.54) is 11.3 Å². The zero-order valence-electron chi connectivity index (χ0n) is 21.7. The number of aromatic nitrogens is 6. The van der Waals surface area contributed by atoms with Crippen molar-refractivity contribution in [2.45, 2.75) is 34.2 Å². The minimum Gasteiger partial charge on any atom is -0.506 e. The van der Waals surface area contributed by atoms with E-state index >= 15 is 0 Å². The molecule has 39 heavy (non-hydrogen) atoms. The van der Waals surface area contributed by atoms with Crippen molar-refractivity contribution in [2.75, 3.05) is 5.32 Å². The van der Waals surface area contributed by atoms with Gasteiger partial charge in [0.15, 0.2) is 0 Å². The van der Waals surface area contributed by atoms with Gasteiger partial charge in [0.05, 0.1) is 27.0 Å². The number of tetrazole rings is 1. The molecule has 0 spiro atoms. The number of carbonyl (C=O) groups is 1. The van der Waals surface area contributed by atoms with Crippen LogP contribution in [0.2, 0.25) is 0 Å². The summed E-state index contributed by atoms with van der Waals surface area (Å²) < 4.78 is 1.55. The fraction of sp³-hybridized carbons (Fsp3) is 0.185. The van der Waals surface area contributed by atoms with Crippen molar-refractivity contribution in [1.29, 1.82) is 5.41 Å². The van der Waals surface area contributed by atoms with E-state index in [0.717, 1.165) is 16.5 Å². The molecule has 5 rings (SSSR count). The molecule has 11 nitrogen and oxygen atoms in total. The van der Waals surface area contributed by atoms with Gasteiger partial charge in [0, 0.05) is 29.2 Å². The van der Waals surface area contributed by atoms with Gasteiger partial charge >= 0.3 is 5.97 Å². The molecule has 2 aromatic carbocycles. The molecule has 0 fully saturated rings. The number of nitrogens with one attached hydrogen (secondary N) is 3. The Labute approximate surface area is 227 Å². The maximum absolute atomic E-state index is 12.2. The number of aryl methyl sites for hydroxylation is 4. The number of fused-ring (bicyclic) bond motifs is 1. The molecule has 0 saturated carbocycles. The first-order chi connectivity index (χ1) is 18.7. The summed E-state index contributed by atoms with van der Waals surface area (Å²) in [5.74, 6) is -1.44. The average Bonchev–Trinajstić information content (AvgIpc) is 3.61. The maximum Gasteiger partial charge on any atom is 0.341 e. The second-order valence-corrected chi connectivity index (χ2v) is 10.3. The van der Waals surface area contributed by atoms with Crippen LogP contribution in [0.5, 0.6) is 0 Å². The molecule has 0 unspecified atom stereocenters. The van der Waals surface area contributed by atoms with E-state index in [-0.39, 0.29) is 5.71 Å². The number of rotatable bonds is 8. The number of hydrogen-bond donors (Lipinski definition) is 5. The number of carboxylic acids is 1. The number of hydrogen-bond acceptors (Lipinski definition) is 9. The SMILES string of the molecule is Cc1nc(C)c(C(=N)C(C(=O)O)=C(O)c2c(C)cc(-n3nnnc3NCc3cccc4[nH]ccc34)cc2C)s1. The van der Waals surface area contributed by atoms with Gasteiger partial charge in [-0.2, -0.15) is 4.68 Å². The van der Waals surface area contributed by atoms with Crippen molar-refractivity contribution in [2.24, 2.45) is 0 Å². The second-order valence-electron chi connectivity index (χ2n) is 9.13. The molecule has 0 aliphatic rings. The van der Waals surface area contributed by atoms with E-state index in [1.54, 1.807) is 44.5 Å². The number of aliphatic hydroxyl groups excluding tert-OH is 1. The molecule has 0 amide bonds. The van der Waals surface area contributed by atoms with Gasteiger partial charge in [-0.05, 0) is 79.1 Å². The number of aliphatic carboxylic acids is 1. The Balaban J connectivity index is 1.48. The Hall–Kier alpha value is -4.84. The lowest BCUT2D eigenvalue weighted by Gasteiger charge is -2.15. The number of carboxylic acid groups (broad SMARTS) is 1. The predicted molar refractivity (Wildman–Crippen MR) is 150 cm³/mol. The van der Waals surface area contributed by atoms with E-state index in [4.69, 9.17) is 5.41 Å². The van der Waals surface area contributed by atoms with Crippen molar-refractivity contribution in [1.82, 2.24) is 30.2 Å². The summed E-state index contributed by atoms with van der Waals surface area (Å²) in [6.45, 7) is 7.52. The Morgan fingerprint density at radius 3 is 2.54 bits per heavy atom. The summed E-state index contributed by atoms with van der Waals surface area (Å²) >= 11 is 1.22. The standard InChI is InChI=1S/C27H26N8O3S/c1-13-10-18(35-27(32-33-34-35)30-12-17-6-5-7-20-19(17)8-9-29-20)11-14(2)21(13)24(36)22(26(37)38)23(28)25-15(3)31-16(4)39-25/h5-11,28-29,36H,12H2,1-4H3,(H,37,38)(H,30,32,34). The quantitative estimate of drug-likeness (QED) is 0.105. The van der Waals surface area contributed by atoms with Crippen LogP contribution in [0.25, 0.3) is 22.3 Å². The largest absolute Gasteiger partial charge is 0.506 e. The van der Waals surface area contributed by atoms with Crippen LogP contribution in [0.3, 0.4) is 0 Å². The number of anilines is 1. The van der Waals surface area contributed by atoms with Crippen LogP contribution >= 0.6 is 11.3 Å². The first kappa shape index (κ1) is 25.8. The van der Waals surface area contributed by atoms with Crippen molar-refractivity contribution < 1.29 is 15.0 Å². The lowest BCUT2D eigenvalue weighted by atomic mass is 9.95. The number of thiazole rings is 1. The molecule has 3 heterocycles. The van der Waals surface area contributed by atoms with E-state index in [9.17, 15) is 15.0 Å². The number of aromatic amines is 1. The van der Waals surface area contributed by atoms with Gasteiger partial charge in [-0.1, -0.05) is 17.2 Å². The van der Waals surface area contributed by atoms with Crippen LogP contribution in [0, 0.1) is 33.1 Å². The third-order valence-electron chi connectivity index (χ3n) is 6.42. The van der Waals surface area contributed by atoms with Crippen molar-refractivity contribution in [3.8, 4) is 5.69 Å². The van der Waals surface area contributed by atoms with Crippen LogP contribution in [0.4, 0.5) is 5.95 Å². The monoisotopic (exact) mass is 542 g/mol. The first-order valence-corrected chi connectivity index (χ1v) is 12.9. The topological polar surface area (TPSA) is 166 Å². The zero-order chi connectivity index (χ0) is 27.8. The van der Waals surface area contributed by atoms with Gasteiger partial charge in [0.1, 0.15) is 11.3 Å². The molecule has 198 valence electrons. The van der Waals surface area contributed by atoms with E-state index < -0.39 is 17.3 Å². The fourth-order valence-corrected chi connectivity index (χ4v) is 5.59. The van der Waals surface area contributed by atoms with Gasteiger partial charge in [-0.15, -0.1) is 11.3 Å². The highest BCUT2D eigenvalue weighted by molar-refractivity contribution is 7.14. The van der Waals surface area contributed by atoms with Crippen LogP contribution in [0.15, 0.2) is 48.2 Å². The third kappa shape index (κ3) is 4.77. The molecule has 12 heteroatoms. The Morgan fingerprint density at radius 1 is 1.13 bits per heavy atom. The molecule has 0 radical (unpaired) electrons. The molecule has 0 aliphatic carbocycles. The van der Waals surface area contributed by atoms with Crippen molar-refractivity contribution in [3.05, 3.63) is 86.0 Å². The van der Waals surface area contributed by atoms with Crippen LogP contribution < -0.4 is 5.32 Å². The highest BCUT2D eigenvalue weighted by Gasteiger charge is 2.27. The summed E-state index contributed by atoms with van der Waals surface area (Å²) in [7, 11) is 0. The second kappa shape index (κ2) is 10.1. The normalized spacial score (nSPS) is 12.0. The minimum absolute atomic E-state index is 0.282. The van der Waals surface area contributed by atoms with E-state index in [2.05, 4.69) is 30.8 Å². The highest BCUT2D eigenvalue weighted by atomic mass is 32.1. The van der Waals surface area contributed by atoms with Crippen molar-refractivity contribution in [3.63, 3.8) is 0 Å². The molecule has 5 N–H and O–H groups in total. The highest BCUT2D eigenvalue weighted by Crippen LogP contribution is 2.30. The van der Waals surface area contributed by atoms with Crippen LogP contribution in [0.1, 0.15) is 37.8 Å². The Morgan fingerprint density at radius 2 is 1.87 bits per heavy atom. The van der Waals surface area contributed by atoms with Gasteiger partial charge in [-0.3, -0.25) is 5.41 Å². The Kier molecular flexibility index (Phi) is 6.71. The summed E-state index contributed by atoms with van der Waals surface area (Å²) in [5, 5.41) is 46.9. The fourth-order valence-electron chi connectivity index (χ4n) is 4.72. The summed E-state index contributed by atoms with van der Waals surface area (Å²) in [5.41, 5.74) is 4.07. The van der Waals surface area contributed by atoms with Gasteiger partial charge < -0.3 is 20.5 Å². The zero-order valence-corrected chi connectivity index (χ0v) is 22.5. The molecule has 0 bridgehead atoms. The maximum atomic E-state index is 12.2. The lowest BCUT2D eigenvalue weighted by molar-refractivity contribution is -0.132. The van der Waals surface area contributed by atoms with Crippen LogP contribution in [-0.4, -0.2) is 52.1 Å². The van der Waals surface area contributed by atoms with E-state index in [1.807, 2.05) is 30.5 Å². The number of H-pyrrole nitrogens is 1. The van der Waals surface area contributed by atoms with Crippen molar-refractivity contribution >= 4 is 45.6 Å². The first-order valence-electron chi connectivity index (χ1n) is 12.0. The number of benzene rings is 2. The molecule has 0 aliphatic heterocycles. The number of nitrogens with zero attached hydrogens (tertiary/aromatic N) is 5. The third-order valence-corrected chi connectivity index (χ3v) is 7.51. The van der Waals surface area contributed by atoms with Gasteiger partial charge in [-0.25, -0.2) is 9.78 Å². The molecule has 0 saturated heterocycles. The average molecular weight is 543 g/mol. The summed E-state index contributed by atoms with van der Waals surface area (Å²) in [6, 6.07) is 11.6. The Bertz CT molecular complexity index is 1760. The summed E-state index contributed by atoms with van der Waals surface area (Å²) in [4.78, 5) is 20.1. The predicted octanol–water partition coefficient (Wildman–Crippen LogP) is 4.87. The van der Waals surface area contributed by atoms with Gasteiger partial charge in [0.2, 0.25) is 5.95 Å². The molecule has 0 atom stereocenters. The molecule has 5 aromatic rings. The molecule has 3 aromatic heterocycles. The van der Waals surface area contributed by atoms with E-state index in [0.29, 0.717) is 50.4 Å². The lowest BCUT2D eigenvalue weighted by Crippen LogP contribution is -2.16. The smallest absolute Gasteiger partial charge is 0.341 e. The summed E-state index contributed by atoms with van der Waals surface area (Å²) in [6.07, 6.45) is 1.89. The molecular formula is C27H26N8O3S. The van der Waals surface area contributed by atoms with Gasteiger partial charge in [0.25, 0.3) is 0 Å². The number of aliphatic hydroxyl groups is 1. The minimum atomic E-state index is -1.39. The van der Waals surface area contributed by atoms with Crippen LogP contribution in [-0.2, 0) is 11.3 Å².